The van der Waals surface area contributed by atoms with Crippen LogP contribution in [0, 0.1) is 5.82 Å². The summed E-state index contributed by atoms with van der Waals surface area (Å²) >= 11 is 0. The van der Waals surface area contributed by atoms with Crippen molar-refractivity contribution in [2.45, 2.75) is 26.5 Å². The molecule has 21 heavy (non-hydrogen) atoms. The summed E-state index contributed by atoms with van der Waals surface area (Å²) in [6.07, 6.45) is 0.900. The molecule has 0 saturated heterocycles. The second-order valence-corrected chi connectivity index (χ2v) is 4.89. The molecule has 0 amide bonds. The Kier molecular flexibility index (Phi) is 3.66. The average molecular weight is 285 g/mol. The maximum absolute atomic E-state index is 13.9. The molecule has 0 aliphatic heterocycles. The van der Waals surface area contributed by atoms with Crippen LogP contribution in [0.4, 0.5) is 4.39 Å². The Labute approximate surface area is 121 Å². The number of fused-ring (bicyclic) bond motifs is 1. The Balaban J connectivity index is 2.26. The van der Waals surface area contributed by atoms with E-state index in [0.717, 1.165) is 17.4 Å². The summed E-state index contributed by atoms with van der Waals surface area (Å²) in [5.74, 6) is 0.940. The zero-order chi connectivity index (χ0) is 14.8. The van der Waals surface area contributed by atoms with Crippen molar-refractivity contribution in [2.75, 3.05) is 0 Å². The number of rotatable bonds is 4. The number of aromatic nitrogens is 3. The van der Waals surface area contributed by atoms with E-state index in [1.165, 1.54) is 6.07 Å². The zero-order valence-corrected chi connectivity index (χ0v) is 11.8. The van der Waals surface area contributed by atoms with Crippen LogP contribution >= 0.6 is 0 Å². The molecule has 0 bridgehead atoms. The Morgan fingerprint density at radius 1 is 1.10 bits per heavy atom. The Morgan fingerprint density at radius 3 is 2.57 bits per heavy atom. The van der Waals surface area contributed by atoms with Gasteiger partial charge in [0.15, 0.2) is 11.6 Å². The Hall–Kier alpha value is -2.27. The van der Waals surface area contributed by atoms with Crippen molar-refractivity contribution in [3.8, 4) is 11.4 Å². The fourth-order valence-electron chi connectivity index (χ4n) is 2.57. The summed E-state index contributed by atoms with van der Waals surface area (Å²) in [6.45, 7) is 2.60. The van der Waals surface area contributed by atoms with Gasteiger partial charge in [0.25, 0.3) is 0 Å². The van der Waals surface area contributed by atoms with Crippen molar-refractivity contribution in [2.24, 2.45) is 0 Å². The van der Waals surface area contributed by atoms with Crippen LogP contribution in [0.3, 0.4) is 0 Å². The lowest BCUT2D eigenvalue weighted by molar-refractivity contribution is 0.264. The number of aliphatic hydroxyl groups is 1. The molecular weight excluding hydrogens is 269 g/mol. The maximum Gasteiger partial charge on any atom is 0.164 e. The molecule has 2 aromatic carbocycles. The van der Waals surface area contributed by atoms with Crippen molar-refractivity contribution in [1.82, 2.24) is 14.8 Å². The van der Waals surface area contributed by atoms with Crippen LogP contribution in [0.15, 0.2) is 36.4 Å². The van der Waals surface area contributed by atoms with Crippen molar-refractivity contribution in [3.05, 3.63) is 48.0 Å². The first-order valence-corrected chi connectivity index (χ1v) is 6.96. The number of aliphatic hydroxyl groups excluding tert-OH is 1. The number of hydrogen-bond donors (Lipinski definition) is 1. The summed E-state index contributed by atoms with van der Waals surface area (Å²) in [5, 5.41) is 19.0. The van der Waals surface area contributed by atoms with E-state index in [1.807, 2.05) is 29.7 Å². The third-order valence-electron chi connectivity index (χ3n) is 3.53. The number of halogens is 1. The molecule has 1 N–H and O–H groups in total. The van der Waals surface area contributed by atoms with E-state index in [1.54, 1.807) is 12.1 Å². The number of nitrogens with zero attached hydrogens (tertiary/aromatic N) is 3. The van der Waals surface area contributed by atoms with Gasteiger partial charge >= 0.3 is 0 Å². The van der Waals surface area contributed by atoms with E-state index in [4.69, 9.17) is 0 Å². The first kappa shape index (κ1) is 13.7. The monoisotopic (exact) mass is 285 g/mol. The van der Waals surface area contributed by atoms with Crippen molar-refractivity contribution in [3.63, 3.8) is 0 Å². The van der Waals surface area contributed by atoms with Gasteiger partial charge in [-0.15, -0.1) is 10.2 Å². The molecule has 3 rings (SSSR count). The first-order chi connectivity index (χ1) is 10.3. The van der Waals surface area contributed by atoms with Crippen LogP contribution in [0.2, 0.25) is 0 Å². The van der Waals surface area contributed by atoms with Gasteiger partial charge in [-0.3, -0.25) is 0 Å². The summed E-state index contributed by atoms with van der Waals surface area (Å²) in [6, 6.07) is 10.5. The highest BCUT2D eigenvalue weighted by Crippen LogP contribution is 2.29. The molecule has 3 aromatic rings. The predicted octanol–water partition coefficient (Wildman–Crippen LogP) is 3.14. The van der Waals surface area contributed by atoms with E-state index >= 15 is 0 Å². The van der Waals surface area contributed by atoms with E-state index in [0.29, 0.717) is 23.6 Å². The van der Waals surface area contributed by atoms with Crippen molar-refractivity contribution in [1.29, 1.82) is 0 Å². The van der Waals surface area contributed by atoms with E-state index in [9.17, 15) is 9.50 Å². The minimum atomic E-state index is -0.252. The van der Waals surface area contributed by atoms with Crippen molar-refractivity contribution < 1.29 is 9.50 Å². The van der Waals surface area contributed by atoms with E-state index in [-0.39, 0.29) is 12.4 Å². The van der Waals surface area contributed by atoms with Gasteiger partial charge < -0.3 is 9.67 Å². The minimum Gasteiger partial charge on any atom is -0.388 e. The smallest absolute Gasteiger partial charge is 0.164 e. The molecule has 0 unspecified atom stereocenters. The normalized spacial score (nSPS) is 11.2. The topological polar surface area (TPSA) is 50.9 Å². The van der Waals surface area contributed by atoms with Gasteiger partial charge in [0.2, 0.25) is 0 Å². The van der Waals surface area contributed by atoms with Crippen LogP contribution in [0.5, 0.6) is 0 Å². The number of hydrogen-bond acceptors (Lipinski definition) is 3. The van der Waals surface area contributed by atoms with Gasteiger partial charge in [-0.1, -0.05) is 31.2 Å². The van der Waals surface area contributed by atoms with Crippen LogP contribution in [0.1, 0.15) is 19.2 Å². The third kappa shape index (κ3) is 2.29. The standard InChI is InChI=1S/C16H16FN3O/c1-2-9-20-15(10-21)18-19-16(20)13-7-8-14(17)12-6-4-3-5-11(12)13/h3-8,21H,2,9-10H2,1H3. The van der Waals surface area contributed by atoms with Crippen LogP contribution in [-0.2, 0) is 13.2 Å². The molecule has 0 radical (unpaired) electrons. The molecule has 0 spiro atoms. The molecule has 0 aliphatic rings. The lowest BCUT2D eigenvalue weighted by Gasteiger charge is -2.10. The van der Waals surface area contributed by atoms with E-state index in [2.05, 4.69) is 10.2 Å². The summed E-state index contributed by atoms with van der Waals surface area (Å²) in [5.41, 5.74) is 0.827. The van der Waals surface area contributed by atoms with Gasteiger partial charge in [0.05, 0.1) is 0 Å². The lowest BCUT2D eigenvalue weighted by atomic mass is 10.0. The quantitative estimate of drug-likeness (QED) is 0.801. The van der Waals surface area contributed by atoms with Crippen molar-refractivity contribution >= 4 is 10.8 Å². The van der Waals surface area contributed by atoms with Gasteiger partial charge in [-0.05, 0) is 23.9 Å². The third-order valence-corrected chi connectivity index (χ3v) is 3.53. The second-order valence-electron chi connectivity index (χ2n) is 4.89. The molecule has 108 valence electrons. The highest BCUT2D eigenvalue weighted by molar-refractivity contribution is 5.95. The Morgan fingerprint density at radius 2 is 1.86 bits per heavy atom. The number of benzene rings is 2. The predicted molar refractivity (Wildman–Crippen MR) is 79.1 cm³/mol. The SMILES string of the molecule is CCCn1c(CO)nnc1-c1ccc(F)c2ccccc12. The molecule has 5 heteroatoms. The van der Waals surface area contributed by atoms with E-state index < -0.39 is 0 Å². The molecule has 1 heterocycles. The molecule has 0 aliphatic carbocycles. The molecule has 1 aromatic heterocycles. The molecular formula is C16H16FN3O. The zero-order valence-electron chi connectivity index (χ0n) is 11.8. The van der Waals surface area contributed by atoms with Gasteiger partial charge in [0, 0.05) is 17.5 Å². The summed E-state index contributed by atoms with van der Waals surface area (Å²) < 4.78 is 15.8. The van der Waals surface area contributed by atoms with Crippen LogP contribution < -0.4 is 0 Å². The van der Waals surface area contributed by atoms with Gasteiger partial charge in [0.1, 0.15) is 12.4 Å². The van der Waals surface area contributed by atoms with Crippen LogP contribution in [-0.4, -0.2) is 19.9 Å². The average Bonchev–Trinajstić information content (AvgIpc) is 2.91. The molecule has 4 nitrogen and oxygen atoms in total. The van der Waals surface area contributed by atoms with Crippen LogP contribution in [0.25, 0.3) is 22.2 Å². The molecule has 0 saturated carbocycles. The fraction of sp³-hybridized carbons (Fsp3) is 0.250. The van der Waals surface area contributed by atoms with Gasteiger partial charge in [-0.2, -0.15) is 0 Å². The largest absolute Gasteiger partial charge is 0.388 e. The highest BCUT2D eigenvalue weighted by atomic mass is 19.1. The summed E-state index contributed by atoms with van der Waals surface area (Å²) in [7, 11) is 0. The lowest BCUT2D eigenvalue weighted by Crippen LogP contribution is -2.05. The second kappa shape index (κ2) is 5.61. The minimum absolute atomic E-state index is 0.161. The fourth-order valence-corrected chi connectivity index (χ4v) is 2.57. The highest BCUT2D eigenvalue weighted by Gasteiger charge is 2.16. The first-order valence-electron chi connectivity index (χ1n) is 6.96. The molecule has 0 atom stereocenters. The van der Waals surface area contributed by atoms with Gasteiger partial charge in [-0.25, -0.2) is 4.39 Å². The maximum atomic E-state index is 13.9. The summed E-state index contributed by atoms with van der Waals surface area (Å²) in [4.78, 5) is 0. The molecule has 0 fully saturated rings. The Bertz CT molecular complexity index is 782.